The molecule has 2 aromatic rings. The maximum Gasteiger partial charge on any atom is 0.269 e. The number of nitrogens with zero attached hydrogens (tertiary/aromatic N) is 3. The number of benzene rings is 2. The van der Waals surface area contributed by atoms with Gasteiger partial charge < -0.3 is 10.2 Å². The average molecular weight is 464 g/mol. The Morgan fingerprint density at radius 3 is 2.16 bits per heavy atom. The quantitative estimate of drug-likeness (QED) is 0.390. The Morgan fingerprint density at radius 1 is 1.03 bits per heavy atom. The fraction of sp³-hybridized carbons (Fsp3) is 0.263. The van der Waals surface area contributed by atoms with Crippen molar-refractivity contribution in [3.8, 4) is 0 Å². The highest BCUT2D eigenvalue weighted by Gasteiger charge is 2.27. The van der Waals surface area contributed by atoms with E-state index in [1.807, 2.05) is 7.05 Å². The molecule has 1 amide bonds. The first-order valence-corrected chi connectivity index (χ1v) is 11.2. The summed E-state index contributed by atoms with van der Waals surface area (Å²) in [5.74, 6) is -0.526. The molecule has 0 unspecified atom stereocenters. The number of rotatable bonds is 5. The lowest BCUT2D eigenvalue weighted by Crippen LogP contribution is -2.46. The molecule has 0 bridgehead atoms. The lowest BCUT2D eigenvalue weighted by molar-refractivity contribution is -0.384. The number of thiocarbonyl (C=S) groups is 1. The molecule has 31 heavy (non-hydrogen) atoms. The van der Waals surface area contributed by atoms with Crippen molar-refractivity contribution in [2.45, 2.75) is 4.90 Å². The number of hydrogen-bond acceptors (Lipinski definition) is 7. The fourth-order valence-corrected chi connectivity index (χ4v) is 4.59. The molecule has 0 saturated carbocycles. The predicted molar refractivity (Wildman–Crippen MR) is 119 cm³/mol. The number of piperazine rings is 1. The van der Waals surface area contributed by atoms with Crippen molar-refractivity contribution in [3.63, 3.8) is 0 Å². The van der Waals surface area contributed by atoms with E-state index in [-0.39, 0.29) is 21.3 Å². The summed E-state index contributed by atoms with van der Waals surface area (Å²) in [6.45, 7) is 2.25. The van der Waals surface area contributed by atoms with E-state index in [2.05, 4.69) is 15.5 Å². The highest BCUT2D eigenvalue weighted by atomic mass is 32.2. The van der Waals surface area contributed by atoms with Gasteiger partial charge in [-0.15, -0.1) is 0 Å². The number of nitrogens with one attached hydrogen (secondary N) is 2. The molecule has 2 N–H and O–H groups in total. The molecule has 12 heteroatoms. The van der Waals surface area contributed by atoms with Gasteiger partial charge in [0.1, 0.15) is 0 Å². The van der Waals surface area contributed by atoms with Crippen LogP contribution in [0.15, 0.2) is 53.4 Å². The number of non-ortho nitro benzene ring substituents is 1. The molecule has 1 saturated heterocycles. The summed E-state index contributed by atoms with van der Waals surface area (Å²) in [5, 5.41) is 16.0. The van der Waals surface area contributed by atoms with Gasteiger partial charge in [0.25, 0.3) is 11.6 Å². The van der Waals surface area contributed by atoms with Crippen molar-refractivity contribution >= 4 is 44.6 Å². The van der Waals surface area contributed by atoms with E-state index < -0.39 is 20.9 Å². The maximum absolute atomic E-state index is 12.8. The minimum Gasteiger partial charge on any atom is -0.332 e. The molecule has 0 aromatic heterocycles. The summed E-state index contributed by atoms with van der Waals surface area (Å²) in [5.41, 5.74) is 0.596. The lowest BCUT2D eigenvalue weighted by Gasteiger charge is -2.31. The molecule has 0 aliphatic carbocycles. The van der Waals surface area contributed by atoms with Gasteiger partial charge >= 0.3 is 0 Å². The SMILES string of the molecule is CN1CCN(S(=O)(=O)c2ccc(NC(=S)NC(=O)c3ccc([N+](=O)[O-])cc3)cc2)CC1. The fourth-order valence-electron chi connectivity index (χ4n) is 2.96. The number of amides is 1. The first kappa shape index (κ1) is 22.7. The highest BCUT2D eigenvalue weighted by molar-refractivity contribution is 7.89. The minimum atomic E-state index is -3.57. The van der Waals surface area contributed by atoms with Crippen molar-refractivity contribution in [3.05, 3.63) is 64.2 Å². The van der Waals surface area contributed by atoms with Crippen LogP contribution >= 0.6 is 12.2 Å². The standard InChI is InChI=1S/C19H21N5O5S2/c1-22-10-12-23(13-11-22)31(28,29)17-8-4-15(5-9-17)20-19(30)21-18(25)14-2-6-16(7-3-14)24(26)27/h2-9H,10-13H2,1H3,(H2,20,21,25,30). The molecule has 2 aromatic carbocycles. The van der Waals surface area contributed by atoms with Gasteiger partial charge in [-0.1, -0.05) is 0 Å². The van der Waals surface area contributed by atoms with Crippen LogP contribution in [0.1, 0.15) is 10.4 Å². The largest absolute Gasteiger partial charge is 0.332 e. The topological polar surface area (TPSA) is 125 Å². The monoisotopic (exact) mass is 463 g/mol. The lowest BCUT2D eigenvalue weighted by atomic mass is 10.2. The van der Waals surface area contributed by atoms with Crippen molar-refractivity contribution < 1.29 is 18.1 Å². The molecule has 1 aliphatic heterocycles. The summed E-state index contributed by atoms with van der Waals surface area (Å²) in [6, 6.07) is 11.2. The van der Waals surface area contributed by atoms with Gasteiger partial charge in [0.15, 0.2) is 5.11 Å². The smallest absolute Gasteiger partial charge is 0.269 e. The first-order valence-electron chi connectivity index (χ1n) is 9.32. The number of carbonyl (C=O) groups is 1. The van der Waals surface area contributed by atoms with Gasteiger partial charge in [-0.25, -0.2) is 8.42 Å². The summed E-state index contributed by atoms with van der Waals surface area (Å²) in [7, 11) is -1.61. The van der Waals surface area contributed by atoms with E-state index in [0.717, 1.165) is 0 Å². The second-order valence-corrected chi connectivity index (χ2v) is 9.29. The van der Waals surface area contributed by atoms with Crippen molar-refractivity contribution in [2.75, 3.05) is 38.5 Å². The van der Waals surface area contributed by atoms with Gasteiger partial charge in [-0.3, -0.25) is 20.2 Å². The Hall–Kier alpha value is -2.93. The number of sulfonamides is 1. The summed E-state index contributed by atoms with van der Waals surface area (Å²) >= 11 is 5.12. The van der Waals surface area contributed by atoms with Crippen LogP contribution in [0.2, 0.25) is 0 Å². The Bertz CT molecular complexity index is 1080. The molecule has 3 rings (SSSR count). The van der Waals surface area contributed by atoms with Gasteiger partial charge in [-0.2, -0.15) is 4.31 Å². The number of anilines is 1. The van der Waals surface area contributed by atoms with Gasteiger partial charge in [0.2, 0.25) is 10.0 Å². The van der Waals surface area contributed by atoms with Crippen LogP contribution in [0.5, 0.6) is 0 Å². The predicted octanol–water partition coefficient (Wildman–Crippen LogP) is 1.66. The van der Waals surface area contributed by atoms with Crippen LogP contribution < -0.4 is 10.6 Å². The molecular formula is C19H21N5O5S2. The third kappa shape index (κ3) is 5.61. The Kier molecular flexibility index (Phi) is 6.95. The van der Waals surface area contributed by atoms with Crippen LogP contribution in [-0.4, -0.2) is 66.8 Å². The normalized spacial score (nSPS) is 15.3. The first-order chi connectivity index (χ1) is 14.7. The third-order valence-corrected chi connectivity index (χ3v) is 6.90. The zero-order chi connectivity index (χ0) is 22.6. The molecule has 164 valence electrons. The minimum absolute atomic E-state index is 0.0121. The van der Waals surface area contributed by atoms with E-state index in [1.165, 1.54) is 40.7 Å². The number of hydrogen-bond donors (Lipinski definition) is 2. The molecule has 0 spiro atoms. The van der Waals surface area contributed by atoms with E-state index in [4.69, 9.17) is 12.2 Å². The molecule has 0 atom stereocenters. The van der Waals surface area contributed by atoms with Crippen LogP contribution in [0, 0.1) is 10.1 Å². The second kappa shape index (κ2) is 9.47. The van der Waals surface area contributed by atoms with Crippen molar-refractivity contribution in [1.82, 2.24) is 14.5 Å². The van der Waals surface area contributed by atoms with Crippen LogP contribution in [0.4, 0.5) is 11.4 Å². The average Bonchev–Trinajstić information content (AvgIpc) is 2.74. The second-order valence-electron chi connectivity index (χ2n) is 6.94. The molecule has 1 heterocycles. The van der Waals surface area contributed by atoms with Crippen molar-refractivity contribution in [1.29, 1.82) is 0 Å². The molecule has 1 fully saturated rings. The van der Waals surface area contributed by atoms with Crippen LogP contribution in [0.3, 0.4) is 0 Å². The Balaban J connectivity index is 1.59. The summed E-state index contributed by atoms with van der Waals surface area (Å²) in [4.78, 5) is 24.6. The van der Waals surface area contributed by atoms with Gasteiger partial charge in [0.05, 0.1) is 9.82 Å². The number of carbonyl (C=O) groups excluding carboxylic acids is 1. The Labute approximate surface area is 185 Å². The molecule has 1 aliphatic rings. The third-order valence-electron chi connectivity index (χ3n) is 4.78. The van der Waals surface area contributed by atoms with Crippen LogP contribution in [-0.2, 0) is 10.0 Å². The van der Waals surface area contributed by atoms with Crippen molar-refractivity contribution in [2.24, 2.45) is 0 Å². The highest BCUT2D eigenvalue weighted by Crippen LogP contribution is 2.20. The van der Waals surface area contributed by atoms with E-state index >= 15 is 0 Å². The van der Waals surface area contributed by atoms with E-state index in [9.17, 15) is 23.3 Å². The summed E-state index contributed by atoms with van der Waals surface area (Å²) < 4.78 is 27.0. The summed E-state index contributed by atoms with van der Waals surface area (Å²) in [6.07, 6.45) is 0. The van der Waals surface area contributed by atoms with Gasteiger partial charge in [-0.05, 0) is 55.7 Å². The van der Waals surface area contributed by atoms with Gasteiger partial charge in [0, 0.05) is 49.6 Å². The number of likely N-dealkylation sites (N-methyl/N-ethyl adjacent to an activating group) is 1. The Morgan fingerprint density at radius 2 is 1.61 bits per heavy atom. The molecular weight excluding hydrogens is 442 g/mol. The van der Waals surface area contributed by atoms with Crippen LogP contribution in [0.25, 0.3) is 0 Å². The maximum atomic E-state index is 12.8. The van der Waals surface area contributed by atoms with E-state index in [0.29, 0.717) is 31.9 Å². The molecule has 10 nitrogen and oxygen atoms in total. The zero-order valence-corrected chi connectivity index (χ0v) is 18.3. The number of nitro groups is 1. The molecule has 0 radical (unpaired) electrons. The number of nitro benzene ring substituents is 1. The van der Waals surface area contributed by atoms with E-state index in [1.54, 1.807) is 12.1 Å². The zero-order valence-electron chi connectivity index (χ0n) is 16.6.